The minimum atomic E-state index is 0.370. The Labute approximate surface area is 96.3 Å². The van der Waals surface area contributed by atoms with Crippen molar-refractivity contribution >= 4 is 11.2 Å². The molecule has 7 heteroatoms. The molecule has 0 spiro atoms. The number of fused-ring (bicyclic) bond motifs is 1. The molecule has 2 N–H and O–H groups in total. The predicted molar refractivity (Wildman–Crippen MR) is 58.8 cm³/mol. The Morgan fingerprint density at radius 2 is 2.35 bits per heavy atom. The van der Waals surface area contributed by atoms with Crippen molar-refractivity contribution in [1.82, 2.24) is 25.0 Å². The molecule has 3 rings (SSSR count). The molecule has 7 nitrogen and oxygen atoms in total. The van der Waals surface area contributed by atoms with E-state index in [9.17, 15) is 0 Å². The fourth-order valence-electron chi connectivity index (χ4n) is 1.53. The van der Waals surface area contributed by atoms with Gasteiger partial charge in [0.2, 0.25) is 5.89 Å². The molecule has 0 aliphatic carbocycles. The summed E-state index contributed by atoms with van der Waals surface area (Å²) in [5.74, 6) is 0.548. The van der Waals surface area contributed by atoms with Gasteiger partial charge in [0.1, 0.15) is 6.54 Å². The van der Waals surface area contributed by atoms with Crippen LogP contribution in [0.2, 0.25) is 0 Å². The number of aromatic nitrogens is 5. The number of nitrogens with zero attached hydrogens (tertiary/aromatic N) is 5. The van der Waals surface area contributed by atoms with E-state index in [-0.39, 0.29) is 0 Å². The molecule has 0 aliphatic heterocycles. The third-order valence-corrected chi connectivity index (χ3v) is 2.30. The first-order valence-corrected chi connectivity index (χ1v) is 5.14. The van der Waals surface area contributed by atoms with Gasteiger partial charge in [-0.3, -0.25) is 0 Å². The fraction of sp³-hybridized carbons (Fsp3) is 0.200. The highest BCUT2D eigenvalue weighted by atomic mass is 16.3. The average molecular weight is 230 g/mol. The molecule has 0 aliphatic rings. The van der Waals surface area contributed by atoms with E-state index in [1.807, 2.05) is 6.07 Å². The fourth-order valence-corrected chi connectivity index (χ4v) is 1.53. The normalized spacial score (nSPS) is 11.1. The van der Waals surface area contributed by atoms with E-state index in [0.29, 0.717) is 30.2 Å². The molecule has 0 amide bonds. The summed E-state index contributed by atoms with van der Waals surface area (Å²) < 4.78 is 7.15. The van der Waals surface area contributed by atoms with Crippen LogP contribution < -0.4 is 5.73 Å². The molecule has 0 saturated heterocycles. The third-order valence-electron chi connectivity index (χ3n) is 2.30. The van der Waals surface area contributed by atoms with Crippen molar-refractivity contribution in [2.75, 3.05) is 0 Å². The van der Waals surface area contributed by atoms with Crippen molar-refractivity contribution in [3.63, 3.8) is 0 Å². The Morgan fingerprint density at radius 1 is 1.41 bits per heavy atom. The summed E-state index contributed by atoms with van der Waals surface area (Å²) in [5.41, 5.74) is 7.46. The average Bonchev–Trinajstić information content (AvgIpc) is 2.94. The first kappa shape index (κ1) is 9.91. The van der Waals surface area contributed by atoms with E-state index in [0.717, 1.165) is 5.69 Å². The van der Waals surface area contributed by atoms with Crippen molar-refractivity contribution in [1.29, 1.82) is 0 Å². The van der Waals surface area contributed by atoms with Crippen molar-refractivity contribution in [3.05, 3.63) is 36.1 Å². The van der Waals surface area contributed by atoms with Gasteiger partial charge in [0, 0.05) is 12.7 Å². The van der Waals surface area contributed by atoms with E-state index in [1.54, 1.807) is 23.1 Å². The van der Waals surface area contributed by atoms with E-state index in [1.165, 1.54) is 0 Å². The maximum Gasteiger partial charge on any atom is 0.218 e. The number of hydrogen-bond acceptors (Lipinski definition) is 6. The van der Waals surface area contributed by atoms with Gasteiger partial charge in [-0.2, -0.15) is 4.98 Å². The number of rotatable bonds is 3. The zero-order chi connectivity index (χ0) is 11.7. The van der Waals surface area contributed by atoms with Gasteiger partial charge >= 0.3 is 0 Å². The predicted octanol–water partition coefficient (Wildman–Crippen LogP) is 0.321. The first-order chi connectivity index (χ1) is 8.35. The highest BCUT2D eigenvalue weighted by molar-refractivity contribution is 5.66. The van der Waals surface area contributed by atoms with Crippen LogP contribution in [0.4, 0.5) is 0 Å². The smallest absolute Gasteiger partial charge is 0.218 e. The van der Waals surface area contributed by atoms with Crippen LogP contribution in [-0.2, 0) is 13.1 Å². The molecule has 17 heavy (non-hydrogen) atoms. The van der Waals surface area contributed by atoms with Gasteiger partial charge in [-0.25, -0.2) is 9.67 Å². The Bertz CT molecular complexity index is 610. The number of nitrogens with two attached hydrogens (primary N) is 1. The van der Waals surface area contributed by atoms with Gasteiger partial charge in [-0.1, -0.05) is 5.21 Å². The summed E-state index contributed by atoms with van der Waals surface area (Å²) in [6.45, 7) is 0.790. The summed E-state index contributed by atoms with van der Waals surface area (Å²) in [5, 5.41) is 7.81. The van der Waals surface area contributed by atoms with Crippen LogP contribution >= 0.6 is 0 Å². The number of pyridine rings is 1. The lowest BCUT2D eigenvalue weighted by molar-refractivity contribution is 0.485. The quantitative estimate of drug-likeness (QED) is 0.696. The topological polar surface area (TPSA) is 95.7 Å². The molecule has 0 aromatic carbocycles. The molecule has 3 aromatic heterocycles. The second-order valence-electron chi connectivity index (χ2n) is 3.54. The largest absolute Gasteiger partial charge is 0.437 e. The molecule has 3 aromatic rings. The zero-order valence-electron chi connectivity index (χ0n) is 8.95. The number of hydrogen-bond donors (Lipinski definition) is 1. The van der Waals surface area contributed by atoms with Crippen molar-refractivity contribution in [2.24, 2.45) is 5.73 Å². The molecule has 0 saturated carbocycles. The minimum Gasteiger partial charge on any atom is -0.437 e. The highest BCUT2D eigenvalue weighted by Gasteiger charge is 2.07. The Kier molecular flexibility index (Phi) is 2.30. The van der Waals surface area contributed by atoms with Crippen LogP contribution in [0.25, 0.3) is 11.2 Å². The van der Waals surface area contributed by atoms with Gasteiger partial charge < -0.3 is 10.2 Å². The molecule has 3 heterocycles. The Morgan fingerprint density at radius 3 is 3.12 bits per heavy atom. The summed E-state index contributed by atoms with van der Waals surface area (Å²) in [6.07, 6.45) is 3.44. The second-order valence-corrected chi connectivity index (χ2v) is 3.54. The molecular weight excluding hydrogens is 220 g/mol. The van der Waals surface area contributed by atoms with Crippen LogP contribution in [0.3, 0.4) is 0 Å². The first-order valence-electron chi connectivity index (χ1n) is 5.14. The van der Waals surface area contributed by atoms with Crippen LogP contribution in [0.1, 0.15) is 11.6 Å². The van der Waals surface area contributed by atoms with Crippen LogP contribution in [0.5, 0.6) is 0 Å². The molecule has 0 bridgehead atoms. The van der Waals surface area contributed by atoms with Gasteiger partial charge in [0.25, 0.3) is 0 Å². The van der Waals surface area contributed by atoms with E-state index >= 15 is 0 Å². The van der Waals surface area contributed by atoms with Gasteiger partial charge in [0.15, 0.2) is 11.2 Å². The lowest BCUT2D eigenvalue weighted by atomic mass is 10.5. The lowest BCUT2D eigenvalue weighted by Gasteiger charge is -1.92. The molecule has 0 radical (unpaired) electrons. The van der Waals surface area contributed by atoms with Gasteiger partial charge in [-0.15, -0.1) is 5.10 Å². The monoisotopic (exact) mass is 230 g/mol. The second kappa shape index (κ2) is 3.95. The van der Waals surface area contributed by atoms with E-state index < -0.39 is 0 Å². The Balaban J connectivity index is 1.89. The highest BCUT2D eigenvalue weighted by Crippen LogP contribution is 2.12. The van der Waals surface area contributed by atoms with Gasteiger partial charge in [0.05, 0.1) is 11.9 Å². The maximum atomic E-state index is 5.52. The van der Waals surface area contributed by atoms with Crippen LogP contribution in [0, 0.1) is 0 Å². The van der Waals surface area contributed by atoms with Gasteiger partial charge in [-0.05, 0) is 12.1 Å². The van der Waals surface area contributed by atoms with E-state index in [2.05, 4.69) is 20.3 Å². The van der Waals surface area contributed by atoms with Crippen LogP contribution in [-0.4, -0.2) is 25.0 Å². The molecule has 0 unspecified atom stereocenters. The summed E-state index contributed by atoms with van der Waals surface area (Å²) >= 11 is 0. The summed E-state index contributed by atoms with van der Waals surface area (Å²) in [4.78, 5) is 8.34. The SMILES string of the molecule is NCc1cn(Cc2nc3ncccc3o2)nn1. The number of oxazole rings is 1. The third kappa shape index (κ3) is 1.87. The molecular formula is C10H10N6O. The molecule has 86 valence electrons. The van der Waals surface area contributed by atoms with Crippen LogP contribution in [0.15, 0.2) is 28.9 Å². The zero-order valence-corrected chi connectivity index (χ0v) is 8.95. The minimum absolute atomic E-state index is 0.370. The molecule has 0 fully saturated rings. The van der Waals surface area contributed by atoms with Crippen molar-refractivity contribution < 1.29 is 4.42 Å². The van der Waals surface area contributed by atoms with Crippen molar-refractivity contribution in [3.8, 4) is 0 Å². The lowest BCUT2D eigenvalue weighted by Crippen LogP contribution is -2.00. The van der Waals surface area contributed by atoms with Crippen molar-refractivity contribution in [2.45, 2.75) is 13.1 Å². The summed E-state index contributed by atoms with van der Waals surface area (Å²) in [7, 11) is 0. The standard InChI is InChI=1S/C10H10N6O/c11-4-7-5-16(15-14-7)6-9-13-10-8(17-9)2-1-3-12-10/h1-3,5H,4,6,11H2. The summed E-state index contributed by atoms with van der Waals surface area (Å²) in [6, 6.07) is 3.63. The maximum absolute atomic E-state index is 5.52. The molecule has 0 atom stereocenters. The van der Waals surface area contributed by atoms with E-state index in [4.69, 9.17) is 10.2 Å². The Hall–Kier alpha value is -2.28.